The molecule has 1 saturated heterocycles. The summed E-state index contributed by atoms with van der Waals surface area (Å²) in [5.41, 5.74) is 2.75. The first kappa shape index (κ1) is 20.5. The van der Waals surface area contributed by atoms with Crippen molar-refractivity contribution in [3.05, 3.63) is 47.5 Å². The fourth-order valence-electron chi connectivity index (χ4n) is 3.64. The van der Waals surface area contributed by atoms with Gasteiger partial charge in [-0.05, 0) is 43.0 Å². The van der Waals surface area contributed by atoms with E-state index in [0.29, 0.717) is 23.6 Å². The summed E-state index contributed by atoms with van der Waals surface area (Å²) in [6.07, 6.45) is 2.35. The van der Waals surface area contributed by atoms with Crippen molar-refractivity contribution in [3.8, 4) is 11.5 Å². The fourth-order valence-corrected chi connectivity index (χ4v) is 5.01. The minimum Gasteiger partial charge on any atom is -0.493 e. The molecule has 0 saturated carbocycles. The number of benzene rings is 2. The first-order valence-electron chi connectivity index (χ1n) is 9.40. The minimum atomic E-state index is -3.69. The Bertz CT molecular complexity index is 937. The van der Waals surface area contributed by atoms with Crippen LogP contribution in [0.5, 0.6) is 11.5 Å². The number of hydrogen-bond donors (Lipinski definition) is 0. The second-order valence-electron chi connectivity index (χ2n) is 7.06. The summed E-state index contributed by atoms with van der Waals surface area (Å²) in [6, 6.07) is 11.3. The highest BCUT2D eigenvalue weighted by molar-refractivity contribution is 7.89. The van der Waals surface area contributed by atoms with Crippen LogP contribution in [0.25, 0.3) is 0 Å². The van der Waals surface area contributed by atoms with Gasteiger partial charge in [0.1, 0.15) is 0 Å². The van der Waals surface area contributed by atoms with Gasteiger partial charge >= 0.3 is 0 Å². The van der Waals surface area contributed by atoms with Crippen LogP contribution in [0.1, 0.15) is 24.0 Å². The van der Waals surface area contributed by atoms with Gasteiger partial charge in [-0.3, -0.25) is 0 Å². The average Bonchev–Trinajstić information content (AvgIpc) is 3.22. The van der Waals surface area contributed by atoms with Gasteiger partial charge in [0, 0.05) is 38.4 Å². The molecule has 2 aromatic rings. The van der Waals surface area contributed by atoms with E-state index in [1.807, 2.05) is 18.2 Å². The Balaban J connectivity index is 1.92. The summed E-state index contributed by atoms with van der Waals surface area (Å²) < 4.78 is 38.5. The lowest BCUT2D eigenvalue weighted by molar-refractivity contribution is 0.353. The Morgan fingerprint density at radius 2 is 1.64 bits per heavy atom. The highest BCUT2D eigenvalue weighted by Gasteiger charge is 2.26. The van der Waals surface area contributed by atoms with E-state index in [9.17, 15) is 8.42 Å². The molecule has 0 aromatic heterocycles. The van der Waals surface area contributed by atoms with E-state index in [1.165, 1.54) is 37.4 Å². The number of para-hydroxylation sites is 1. The molecule has 28 heavy (non-hydrogen) atoms. The van der Waals surface area contributed by atoms with Crippen molar-refractivity contribution in [1.82, 2.24) is 4.31 Å². The highest BCUT2D eigenvalue weighted by Crippen LogP contribution is 2.34. The van der Waals surface area contributed by atoms with E-state index in [4.69, 9.17) is 9.47 Å². The van der Waals surface area contributed by atoms with Crippen LogP contribution < -0.4 is 14.4 Å². The van der Waals surface area contributed by atoms with Crippen LogP contribution in [0.2, 0.25) is 0 Å². The van der Waals surface area contributed by atoms with Crippen LogP contribution >= 0.6 is 0 Å². The lowest BCUT2D eigenvalue weighted by Gasteiger charge is -2.25. The quantitative estimate of drug-likeness (QED) is 0.708. The average molecular weight is 405 g/mol. The Hall–Kier alpha value is -2.25. The monoisotopic (exact) mass is 404 g/mol. The van der Waals surface area contributed by atoms with Crippen molar-refractivity contribution in [2.45, 2.75) is 31.2 Å². The molecule has 1 fully saturated rings. The van der Waals surface area contributed by atoms with E-state index in [-0.39, 0.29) is 4.90 Å². The van der Waals surface area contributed by atoms with E-state index < -0.39 is 10.0 Å². The van der Waals surface area contributed by atoms with Gasteiger partial charge in [0.2, 0.25) is 10.0 Å². The van der Waals surface area contributed by atoms with E-state index in [0.717, 1.165) is 24.3 Å². The van der Waals surface area contributed by atoms with E-state index >= 15 is 0 Å². The maximum atomic E-state index is 13.3. The molecule has 152 valence electrons. The number of methoxy groups -OCH3 is 2. The molecular formula is C21H28N2O4S. The van der Waals surface area contributed by atoms with Crippen molar-refractivity contribution < 1.29 is 17.9 Å². The molecule has 1 aliphatic heterocycles. The number of ether oxygens (including phenoxy) is 2. The van der Waals surface area contributed by atoms with Crippen LogP contribution in [-0.2, 0) is 16.6 Å². The van der Waals surface area contributed by atoms with Crippen molar-refractivity contribution in [2.75, 3.05) is 39.3 Å². The zero-order chi connectivity index (χ0) is 20.3. The molecule has 0 unspecified atom stereocenters. The summed E-state index contributed by atoms with van der Waals surface area (Å²) in [6.45, 7) is 4.11. The number of anilines is 1. The van der Waals surface area contributed by atoms with Gasteiger partial charge in [0.05, 0.1) is 19.1 Å². The molecule has 0 bridgehead atoms. The fraction of sp³-hybridized carbons (Fsp3) is 0.429. The molecule has 0 radical (unpaired) electrons. The Labute approximate surface area is 167 Å². The predicted molar refractivity (Wildman–Crippen MR) is 111 cm³/mol. The van der Waals surface area contributed by atoms with Gasteiger partial charge in [0.25, 0.3) is 0 Å². The largest absolute Gasteiger partial charge is 0.493 e. The van der Waals surface area contributed by atoms with Gasteiger partial charge in [-0.2, -0.15) is 4.31 Å². The Morgan fingerprint density at radius 3 is 2.29 bits per heavy atom. The SMILES string of the molecule is COc1cc(C)c(S(=O)(=O)N(C)Cc2ccccc2N2CCCC2)cc1OC. The number of aryl methyl sites for hydroxylation is 1. The summed E-state index contributed by atoms with van der Waals surface area (Å²) in [7, 11) is 0.965. The lowest BCUT2D eigenvalue weighted by Crippen LogP contribution is -2.28. The Kier molecular flexibility index (Phi) is 6.15. The second kappa shape index (κ2) is 8.41. The van der Waals surface area contributed by atoms with Crippen molar-refractivity contribution in [3.63, 3.8) is 0 Å². The number of sulfonamides is 1. The van der Waals surface area contributed by atoms with Crippen LogP contribution in [-0.4, -0.2) is 47.1 Å². The standard InChI is InChI=1S/C21H28N2O4S/c1-16-13-19(26-3)20(27-4)14-21(16)28(24,25)22(2)15-17-9-5-6-10-18(17)23-11-7-8-12-23/h5-6,9-10,13-14H,7-8,11-12,15H2,1-4H3. The lowest BCUT2D eigenvalue weighted by atomic mass is 10.1. The molecule has 0 amide bonds. The summed E-state index contributed by atoms with van der Waals surface area (Å²) in [4.78, 5) is 2.56. The Morgan fingerprint density at radius 1 is 1.04 bits per heavy atom. The van der Waals surface area contributed by atoms with Crippen LogP contribution in [0.3, 0.4) is 0 Å². The summed E-state index contributed by atoms with van der Waals surface area (Å²) in [5.74, 6) is 0.915. The first-order chi connectivity index (χ1) is 13.4. The molecule has 0 spiro atoms. The third kappa shape index (κ3) is 3.95. The van der Waals surface area contributed by atoms with Crippen molar-refractivity contribution in [2.24, 2.45) is 0 Å². The normalized spacial score (nSPS) is 14.5. The third-order valence-electron chi connectivity index (χ3n) is 5.20. The molecule has 2 aromatic carbocycles. The van der Waals surface area contributed by atoms with Crippen molar-refractivity contribution in [1.29, 1.82) is 0 Å². The molecule has 7 heteroatoms. The molecule has 0 aliphatic carbocycles. The van der Waals surface area contributed by atoms with Crippen LogP contribution in [0.4, 0.5) is 5.69 Å². The van der Waals surface area contributed by atoms with Gasteiger partial charge < -0.3 is 14.4 Å². The van der Waals surface area contributed by atoms with Gasteiger partial charge in [-0.15, -0.1) is 0 Å². The molecule has 1 heterocycles. The van der Waals surface area contributed by atoms with Crippen LogP contribution in [0.15, 0.2) is 41.3 Å². The van der Waals surface area contributed by atoms with E-state index in [2.05, 4.69) is 11.0 Å². The number of hydrogen-bond acceptors (Lipinski definition) is 5. The molecular weight excluding hydrogens is 376 g/mol. The maximum absolute atomic E-state index is 13.3. The summed E-state index contributed by atoms with van der Waals surface area (Å²) in [5, 5.41) is 0. The van der Waals surface area contributed by atoms with E-state index in [1.54, 1.807) is 20.0 Å². The minimum absolute atomic E-state index is 0.228. The molecule has 0 N–H and O–H groups in total. The summed E-state index contributed by atoms with van der Waals surface area (Å²) >= 11 is 0. The first-order valence-corrected chi connectivity index (χ1v) is 10.8. The van der Waals surface area contributed by atoms with Gasteiger partial charge in [-0.1, -0.05) is 18.2 Å². The van der Waals surface area contributed by atoms with Crippen molar-refractivity contribution >= 4 is 15.7 Å². The zero-order valence-electron chi connectivity index (χ0n) is 16.9. The molecule has 3 rings (SSSR count). The highest BCUT2D eigenvalue weighted by atomic mass is 32.2. The van der Waals surface area contributed by atoms with Gasteiger partial charge in [-0.25, -0.2) is 8.42 Å². The smallest absolute Gasteiger partial charge is 0.243 e. The maximum Gasteiger partial charge on any atom is 0.243 e. The van der Waals surface area contributed by atoms with Crippen LogP contribution in [0, 0.1) is 6.92 Å². The molecule has 6 nitrogen and oxygen atoms in total. The predicted octanol–water partition coefficient (Wildman–Crippen LogP) is 3.43. The molecule has 0 atom stereocenters. The number of nitrogens with zero attached hydrogens (tertiary/aromatic N) is 2. The number of rotatable bonds is 7. The molecule has 1 aliphatic rings. The third-order valence-corrected chi connectivity index (χ3v) is 7.15. The topological polar surface area (TPSA) is 59.1 Å². The second-order valence-corrected chi connectivity index (χ2v) is 9.07. The zero-order valence-corrected chi connectivity index (χ0v) is 17.8. The van der Waals surface area contributed by atoms with Gasteiger partial charge in [0.15, 0.2) is 11.5 Å².